The first kappa shape index (κ1) is 72.2. The number of aliphatic hydroxyl groups is 13. The molecule has 93 heavy (non-hydrogen) atoms. The Hall–Kier alpha value is -6.66. The molecular formula is C59H74O34. The predicted molar refractivity (Wildman–Crippen MR) is 301 cm³/mol. The van der Waals surface area contributed by atoms with Crippen LogP contribution in [0.4, 0.5) is 0 Å². The number of phenols is 2. The normalized spacial score (nSPS) is 36.3. The summed E-state index contributed by atoms with van der Waals surface area (Å²) in [5, 5.41) is 164. The molecule has 5 heterocycles. The van der Waals surface area contributed by atoms with Gasteiger partial charge in [-0.15, -0.1) is 0 Å². The maximum absolute atomic E-state index is 14.5. The fourth-order valence-electron chi connectivity index (χ4n) is 10.6. The molecule has 24 unspecified atom stereocenters. The van der Waals surface area contributed by atoms with Crippen LogP contribution in [-0.2, 0) is 76.0 Å². The van der Waals surface area contributed by atoms with Gasteiger partial charge in [0.25, 0.3) is 0 Å². The summed E-state index contributed by atoms with van der Waals surface area (Å²) in [6, 6.07) is 15.0. The Morgan fingerprint density at radius 3 is 1.59 bits per heavy atom. The minimum Gasteiger partial charge on any atom is -0.504 e. The Kier molecular flexibility index (Phi) is 25.0. The maximum Gasteiger partial charge on any atom is 0.338 e. The summed E-state index contributed by atoms with van der Waals surface area (Å²) in [6.45, 7) is -5.68. The highest BCUT2D eigenvalue weighted by Gasteiger charge is 2.64. The van der Waals surface area contributed by atoms with Crippen LogP contribution in [0.15, 0.2) is 78.9 Å². The topological polar surface area (TPSA) is 510 Å². The molecule has 24 atom stereocenters. The van der Waals surface area contributed by atoms with Crippen LogP contribution in [0.25, 0.3) is 12.2 Å². The van der Waals surface area contributed by atoms with Gasteiger partial charge in [0.05, 0.1) is 46.2 Å². The standard InChI is InChI=1S/C59H74O34/c1-25(64)83-50-42(71)36(22-82-55-46(75)44(73)40(69)33(19-60)84-55)86-57(48(50)77)89-51-49(88-39(68)16-12-27-10-14-30(66)32(18-27)80-3)37(23-81-38(67)15-11-26-9-13-29(65)31(17-26)79-2)87-58(52(51)90-56-47(76)45(74)41(70)34(20-61)85-56)93-59(24-63)53(43(72)35(21-62)92-59)91-54(78)28-7-5-4-6-8-28/h4-18,33-37,40-53,55-58,60-63,65-66,69-77H,19-24H2,1-3H3. The van der Waals surface area contributed by atoms with Gasteiger partial charge in [-0.1, -0.05) is 30.3 Å². The van der Waals surface area contributed by atoms with Gasteiger partial charge >= 0.3 is 23.9 Å². The highest BCUT2D eigenvalue weighted by molar-refractivity contribution is 5.90. The van der Waals surface area contributed by atoms with Gasteiger partial charge in [0.15, 0.2) is 66.5 Å². The van der Waals surface area contributed by atoms with Crippen molar-refractivity contribution in [3.05, 3.63) is 95.6 Å². The molecule has 0 aromatic heterocycles. The summed E-state index contributed by atoms with van der Waals surface area (Å²) >= 11 is 0. The van der Waals surface area contributed by atoms with E-state index >= 15 is 0 Å². The van der Waals surface area contributed by atoms with Gasteiger partial charge in [-0.25, -0.2) is 14.4 Å². The minimum absolute atomic E-state index is 0.0112. The van der Waals surface area contributed by atoms with E-state index in [4.69, 9.17) is 71.1 Å². The van der Waals surface area contributed by atoms with Crippen LogP contribution in [0.5, 0.6) is 23.0 Å². The number of hydrogen-bond acceptors (Lipinski definition) is 34. The lowest BCUT2D eigenvalue weighted by atomic mass is 9.95. The number of esters is 4. The summed E-state index contributed by atoms with van der Waals surface area (Å²) in [5.74, 6) is -8.35. The number of carbonyl (C=O) groups excluding carboxylic acids is 4. The van der Waals surface area contributed by atoms with Crippen molar-refractivity contribution < 1.29 is 167 Å². The molecule has 34 nitrogen and oxygen atoms in total. The third-order valence-corrected chi connectivity index (χ3v) is 15.5. The van der Waals surface area contributed by atoms with E-state index < -0.39 is 210 Å². The van der Waals surface area contributed by atoms with E-state index in [1.807, 2.05) is 0 Å². The molecule has 5 aliphatic heterocycles. The molecule has 15 N–H and O–H groups in total. The van der Waals surface area contributed by atoms with Crippen molar-refractivity contribution in [3.63, 3.8) is 0 Å². The highest BCUT2D eigenvalue weighted by atomic mass is 16.8. The zero-order chi connectivity index (χ0) is 67.6. The number of phenolic OH excluding ortho intramolecular Hbond substituents is 2. The lowest BCUT2D eigenvalue weighted by molar-refractivity contribution is -0.421. The lowest BCUT2D eigenvalue weighted by Crippen LogP contribution is -2.69. The van der Waals surface area contributed by atoms with Gasteiger partial charge in [-0.2, -0.15) is 0 Å². The number of benzene rings is 3. The van der Waals surface area contributed by atoms with E-state index in [0.29, 0.717) is 0 Å². The fourth-order valence-corrected chi connectivity index (χ4v) is 10.6. The maximum atomic E-state index is 14.5. The van der Waals surface area contributed by atoms with Crippen LogP contribution in [0.2, 0.25) is 0 Å². The molecule has 0 aliphatic carbocycles. The molecule has 514 valence electrons. The van der Waals surface area contributed by atoms with Crippen molar-refractivity contribution in [1.82, 2.24) is 0 Å². The van der Waals surface area contributed by atoms with E-state index in [1.54, 1.807) is 6.07 Å². The first-order valence-electron chi connectivity index (χ1n) is 28.8. The van der Waals surface area contributed by atoms with Gasteiger partial charge in [-0.3, -0.25) is 4.79 Å². The monoisotopic (exact) mass is 1330 g/mol. The highest BCUT2D eigenvalue weighted by Crippen LogP contribution is 2.42. The van der Waals surface area contributed by atoms with Crippen molar-refractivity contribution >= 4 is 36.0 Å². The second-order valence-corrected chi connectivity index (χ2v) is 21.7. The molecule has 34 heteroatoms. The number of carbonyl (C=O) groups is 4. The molecule has 5 saturated heterocycles. The van der Waals surface area contributed by atoms with E-state index in [2.05, 4.69) is 0 Å². The smallest absolute Gasteiger partial charge is 0.338 e. The molecule has 0 bridgehead atoms. The number of ether oxygens (including phenoxy) is 15. The molecule has 8 rings (SSSR count). The molecule has 3 aromatic rings. The second-order valence-electron chi connectivity index (χ2n) is 21.7. The zero-order valence-corrected chi connectivity index (χ0v) is 49.6. The van der Waals surface area contributed by atoms with Crippen molar-refractivity contribution in [2.45, 2.75) is 154 Å². The van der Waals surface area contributed by atoms with Crippen LogP contribution in [0, 0.1) is 0 Å². The molecule has 0 amide bonds. The largest absolute Gasteiger partial charge is 0.504 e. The van der Waals surface area contributed by atoms with Crippen molar-refractivity contribution in [2.24, 2.45) is 0 Å². The van der Waals surface area contributed by atoms with Gasteiger partial charge in [0.1, 0.15) is 111 Å². The van der Waals surface area contributed by atoms with Crippen LogP contribution >= 0.6 is 0 Å². The zero-order valence-electron chi connectivity index (χ0n) is 49.6. The SMILES string of the molecule is COc1cc(C=CC(=O)OCC2OC(OC3(CO)OC(CO)C(O)C3OC(=O)c3ccccc3)C(OC3OC(CO)C(O)C(O)C3O)C(OC3OC(COC4OC(CO)C(O)C(O)C4O)C(O)C(OC(C)=O)C3O)C2OC(=O)C=Cc2ccc(O)c(OC)c2)ccc1O. The van der Waals surface area contributed by atoms with Crippen LogP contribution in [-0.4, -0.2) is 301 Å². The molecule has 0 saturated carbocycles. The second kappa shape index (κ2) is 32.2. The average molecular weight is 1330 g/mol. The molecular weight excluding hydrogens is 1250 g/mol. The van der Waals surface area contributed by atoms with E-state index in [1.165, 1.54) is 81.0 Å². The summed E-state index contributed by atoms with van der Waals surface area (Å²) in [6.07, 6.45) is -44.6. The van der Waals surface area contributed by atoms with Crippen molar-refractivity contribution in [2.75, 3.05) is 53.9 Å². The average Bonchev–Trinajstić information content (AvgIpc) is 1.72. The Morgan fingerprint density at radius 2 is 1.03 bits per heavy atom. The predicted octanol–water partition coefficient (Wildman–Crippen LogP) is -5.53. The van der Waals surface area contributed by atoms with Gasteiger partial charge in [0, 0.05) is 19.1 Å². The van der Waals surface area contributed by atoms with Crippen molar-refractivity contribution in [1.29, 1.82) is 0 Å². The summed E-state index contributed by atoms with van der Waals surface area (Å²) in [5.41, 5.74) is 0.365. The summed E-state index contributed by atoms with van der Waals surface area (Å²) in [7, 11) is 2.52. The summed E-state index contributed by atoms with van der Waals surface area (Å²) in [4.78, 5) is 54.9. The first-order valence-corrected chi connectivity index (χ1v) is 28.8. The third-order valence-electron chi connectivity index (χ3n) is 15.5. The first-order chi connectivity index (χ1) is 44.4. The molecule has 5 fully saturated rings. The van der Waals surface area contributed by atoms with Crippen LogP contribution in [0.3, 0.4) is 0 Å². The Labute approximate surface area is 527 Å². The minimum atomic E-state index is -2.95. The Balaban J connectivity index is 1.28. The number of rotatable bonds is 25. The van der Waals surface area contributed by atoms with Crippen LogP contribution in [0.1, 0.15) is 28.4 Å². The fraction of sp³-hybridized carbons (Fsp3) is 0.559. The number of aliphatic hydroxyl groups excluding tert-OH is 13. The van der Waals surface area contributed by atoms with Gasteiger partial charge in [-0.05, 0) is 59.7 Å². The number of aromatic hydroxyl groups is 2. The van der Waals surface area contributed by atoms with Crippen molar-refractivity contribution in [3.8, 4) is 23.0 Å². The number of hydrogen-bond donors (Lipinski definition) is 15. The molecule has 0 radical (unpaired) electrons. The molecule has 5 aliphatic rings. The Bertz CT molecular complexity index is 3020. The molecule has 0 spiro atoms. The number of methoxy groups -OCH3 is 2. The summed E-state index contributed by atoms with van der Waals surface area (Å²) < 4.78 is 88.0. The van der Waals surface area contributed by atoms with E-state index in [9.17, 15) is 95.8 Å². The van der Waals surface area contributed by atoms with Crippen LogP contribution < -0.4 is 9.47 Å². The lowest BCUT2D eigenvalue weighted by Gasteiger charge is -2.51. The molecule has 3 aromatic carbocycles. The third kappa shape index (κ3) is 16.7. The Morgan fingerprint density at radius 1 is 0.505 bits per heavy atom. The van der Waals surface area contributed by atoms with Gasteiger partial charge in [0.2, 0.25) is 5.79 Å². The quantitative estimate of drug-likeness (QED) is 0.0214. The van der Waals surface area contributed by atoms with Gasteiger partial charge < -0.3 is 148 Å². The van der Waals surface area contributed by atoms with E-state index in [0.717, 1.165) is 25.2 Å². The van der Waals surface area contributed by atoms with E-state index in [-0.39, 0.29) is 39.7 Å².